The molecule has 0 unspecified atom stereocenters. The van der Waals surface area contributed by atoms with Crippen molar-refractivity contribution in [3.63, 3.8) is 0 Å². The van der Waals surface area contributed by atoms with Gasteiger partial charge in [-0.05, 0) is 43.5 Å². The number of hydrogen-bond donors (Lipinski definition) is 0. The van der Waals surface area contributed by atoms with Crippen LogP contribution in [0.2, 0.25) is 0 Å². The van der Waals surface area contributed by atoms with Gasteiger partial charge in [-0.2, -0.15) is 9.36 Å². The molecule has 2 aromatic rings. The second-order valence-electron chi connectivity index (χ2n) is 4.61. The highest BCUT2D eigenvalue weighted by molar-refractivity contribution is 7.07. The van der Waals surface area contributed by atoms with Crippen molar-refractivity contribution >= 4 is 11.5 Å². The van der Waals surface area contributed by atoms with E-state index in [4.69, 9.17) is 9.47 Å². The maximum absolute atomic E-state index is 5.69. The molecule has 1 aliphatic carbocycles. The largest absolute Gasteiger partial charge is 0.494 e. The van der Waals surface area contributed by atoms with Crippen molar-refractivity contribution in [3.8, 4) is 16.7 Å². The third-order valence-corrected chi connectivity index (χ3v) is 3.48. The molecular formula is C14H16N2O2S. The Morgan fingerprint density at radius 3 is 2.63 bits per heavy atom. The Morgan fingerprint density at radius 1 is 1.21 bits per heavy atom. The van der Waals surface area contributed by atoms with E-state index in [0.717, 1.165) is 30.4 Å². The summed E-state index contributed by atoms with van der Waals surface area (Å²) < 4.78 is 15.5. The first kappa shape index (κ1) is 12.4. The van der Waals surface area contributed by atoms with Gasteiger partial charge in [0.25, 0.3) is 5.19 Å². The number of nitrogens with zero attached hydrogens (tertiary/aromatic N) is 2. The fourth-order valence-corrected chi connectivity index (χ4v) is 2.32. The van der Waals surface area contributed by atoms with E-state index in [2.05, 4.69) is 16.3 Å². The van der Waals surface area contributed by atoms with Gasteiger partial charge in [-0.1, -0.05) is 6.92 Å². The molecule has 0 atom stereocenters. The summed E-state index contributed by atoms with van der Waals surface area (Å²) in [7, 11) is 0. The van der Waals surface area contributed by atoms with E-state index < -0.39 is 0 Å². The van der Waals surface area contributed by atoms with Crippen LogP contribution in [0.1, 0.15) is 37.9 Å². The average molecular weight is 276 g/mol. The molecule has 3 rings (SSSR count). The number of rotatable bonds is 6. The first-order valence-electron chi connectivity index (χ1n) is 6.59. The minimum atomic E-state index is 0.568. The zero-order valence-electron chi connectivity index (χ0n) is 10.8. The molecule has 0 N–H and O–H groups in total. The van der Waals surface area contributed by atoms with Gasteiger partial charge in [0.15, 0.2) is 0 Å². The minimum absolute atomic E-state index is 0.568. The maximum Gasteiger partial charge on any atom is 0.298 e. The molecule has 19 heavy (non-hydrogen) atoms. The fraction of sp³-hybridized carbons (Fsp3) is 0.429. The van der Waals surface area contributed by atoms with Crippen LogP contribution in [-0.4, -0.2) is 16.0 Å². The summed E-state index contributed by atoms with van der Waals surface area (Å²) in [5.74, 6) is 3.13. The van der Waals surface area contributed by atoms with Crippen molar-refractivity contribution in [1.29, 1.82) is 0 Å². The molecule has 1 saturated carbocycles. The van der Waals surface area contributed by atoms with Gasteiger partial charge in [0.05, 0.1) is 6.61 Å². The molecule has 0 saturated heterocycles. The van der Waals surface area contributed by atoms with Crippen molar-refractivity contribution in [2.75, 3.05) is 6.61 Å². The molecule has 1 fully saturated rings. The molecular weight excluding hydrogens is 260 g/mol. The molecule has 1 aromatic heterocycles. The normalized spacial score (nSPS) is 14.4. The first-order chi connectivity index (χ1) is 9.35. The summed E-state index contributed by atoms with van der Waals surface area (Å²) >= 11 is 1.32. The number of ether oxygens (including phenoxy) is 2. The highest BCUT2D eigenvalue weighted by Gasteiger charge is 2.28. The monoisotopic (exact) mass is 276 g/mol. The molecule has 0 spiro atoms. The highest BCUT2D eigenvalue weighted by Crippen LogP contribution is 2.40. The molecule has 1 aromatic carbocycles. The van der Waals surface area contributed by atoms with E-state index in [0.29, 0.717) is 11.1 Å². The van der Waals surface area contributed by atoms with E-state index >= 15 is 0 Å². The third kappa shape index (κ3) is 3.23. The molecule has 5 heteroatoms. The fourth-order valence-electron chi connectivity index (χ4n) is 1.69. The van der Waals surface area contributed by atoms with Crippen molar-refractivity contribution in [3.05, 3.63) is 30.1 Å². The SMILES string of the molecule is CCCOc1ccc(Oc2nc(C3CC3)ns2)cc1. The van der Waals surface area contributed by atoms with Crippen LogP contribution in [0.25, 0.3) is 0 Å². The van der Waals surface area contributed by atoms with E-state index in [1.54, 1.807) is 0 Å². The average Bonchev–Trinajstić information content (AvgIpc) is 3.19. The van der Waals surface area contributed by atoms with E-state index in [1.165, 1.54) is 24.4 Å². The van der Waals surface area contributed by atoms with Crippen molar-refractivity contribution < 1.29 is 9.47 Å². The van der Waals surface area contributed by atoms with Crippen LogP contribution in [0.4, 0.5) is 0 Å². The number of hydrogen-bond acceptors (Lipinski definition) is 5. The molecule has 0 bridgehead atoms. The van der Waals surface area contributed by atoms with Crippen LogP contribution in [0, 0.1) is 0 Å². The Balaban J connectivity index is 1.61. The van der Waals surface area contributed by atoms with Gasteiger partial charge in [-0.15, -0.1) is 0 Å². The summed E-state index contributed by atoms with van der Waals surface area (Å²) in [6, 6.07) is 7.61. The lowest BCUT2D eigenvalue weighted by molar-refractivity contribution is 0.317. The smallest absolute Gasteiger partial charge is 0.298 e. The quantitative estimate of drug-likeness (QED) is 0.800. The van der Waals surface area contributed by atoms with Gasteiger partial charge >= 0.3 is 0 Å². The van der Waals surface area contributed by atoms with Crippen LogP contribution in [0.3, 0.4) is 0 Å². The van der Waals surface area contributed by atoms with Crippen LogP contribution in [-0.2, 0) is 0 Å². The lowest BCUT2D eigenvalue weighted by Crippen LogP contribution is -1.94. The van der Waals surface area contributed by atoms with E-state index in [1.807, 2.05) is 24.3 Å². The Labute approximate surface area is 116 Å². The first-order valence-corrected chi connectivity index (χ1v) is 7.37. The van der Waals surface area contributed by atoms with Crippen LogP contribution < -0.4 is 9.47 Å². The molecule has 100 valence electrons. The van der Waals surface area contributed by atoms with Crippen LogP contribution in [0.5, 0.6) is 16.7 Å². The Kier molecular flexibility index (Phi) is 3.64. The van der Waals surface area contributed by atoms with Gasteiger partial charge in [-0.3, -0.25) is 0 Å². The van der Waals surface area contributed by atoms with Crippen molar-refractivity contribution in [1.82, 2.24) is 9.36 Å². The summed E-state index contributed by atoms with van der Waals surface area (Å²) in [6.45, 7) is 2.83. The summed E-state index contributed by atoms with van der Waals surface area (Å²) in [5.41, 5.74) is 0. The van der Waals surface area contributed by atoms with Gasteiger partial charge < -0.3 is 9.47 Å². The second kappa shape index (κ2) is 5.57. The summed E-state index contributed by atoms with van der Waals surface area (Å²) in [4.78, 5) is 4.39. The molecule has 0 amide bonds. The van der Waals surface area contributed by atoms with Crippen LogP contribution in [0.15, 0.2) is 24.3 Å². The summed E-state index contributed by atoms with van der Waals surface area (Å²) in [5, 5.41) is 0.615. The van der Waals surface area contributed by atoms with Crippen molar-refractivity contribution in [2.24, 2.45) is 0 Å². The number of aromatic nitrogens is 2. The topological polar surface area (TPSA) is 44.2 Å². The highest BCUT2D eigenvalue weighted by atomic mass is 32.1. The zero-order valence-corrected chi connectivity index (χ0v) is 11.7. The zero-order chi connectivity index (χ0) is 13.1. The van der Waals surface area contributed by atoms with Gasteiger partial charge in [0.2, 0.25) is 0 Å². The molecule has 0 radical (unpaired) electrons. The van der Waals surface area contributed by atoms with Gasteiger partial charge in [-0.25, -0.2) is 0 Å². The predicted molar refractivity (Wildman–Crippen MR) is 74.2 cm³/mol. The minimum Gasteiger partial charge on any atom is -0.494 e. The summed E-state index contributed by atoms with van der Waals surface area (Å²) in [6.07, 6.45) is 3.42. The Hall–Kier alpha value is -1.62. The number of benzene rings is 1. The lowest BCUT2D eigenvalue weighted by Gasteiger charge is -2.05. The molecule has 1 heterocycles. The van der Waals surface area contributed by atoms with Gasteiger partial charge in [0.1, 0.15) is 17.3 Å². The standard InChI is InChI=1S/C14H16N2O2S/c1-2-9-17-11-5-7-12(8-6-11)18-14-15-13(16-19-14)10-3-4-10/h5-8,10H,2-4,9H2,1H3. The van der Waals surface area contributed by atoms with Gasteiger partial charge in [0, 0.05) is 17.5 Å². The van der Waals surface area contributed by atoms with E-state index in [9.17, 15) is 0 Å². The third-order valence-electron chi connectivity index (χ3n) is 2.87. The Bertz CT molecular complexity index is 535. The van der Waals surface area contributed by atoms with E-state index in [-0.39, 0.29) is 0 Å². The van der Waals surface area contributed by atoms with Crippen molar-refractivity contribution in [2.45, 2.75) is 32.1 Å². The Morgan fingerprint density at radius 2 is 1.95 bits per heavy atom. The van der Waals surface area contributed by atoms with Crippen LogP contribution >= 0.6 is 11.5 Å². The lowest BCUT2D eigenvalue weighted by atomic mass is 10.3. The molecule has 1 aliphatic rings. The maximum atomic E-state index is 5.69. The second-order valence-corrected chi connectivity index (χ2v) is 5.33. The molecule has 4 nitrogen and oxygen atoms in total. The predicted octanol–water partition coefficient (Wildman–Crippen LogP) is 4.00. The molecule has 0 aliphatic heterocycles.